The van der Waals surface area contributed by atoms with Gasteiger partial charge in [-0.05, 0) is 0 Å². The monoisotopic (exact) mass is 194 g/mol. The first-order valence-electron chi connectivity index (χ1n) is 0.494. The molecule has 0 aromatic rings. The van der Waals surface area contributed by atoms with Gasteiger partial charge in [0, 0.05) is 0 Å². The molecular formula is H15BCaO8. The Labute approximate surface area is 90.3 Å². The molecule has 68 valence electrons. The van der Waals surface area contributed by atoms with Crippen LogP contribution in [0.25, 0.3) is 0 Å². The van der Waals surface area contributed by atoms with E-state index in [4.69, 9.17) is 9.73 Å². The predicted octanol–water partition coefficient (Wildman–Crippen LogP) is -6.16. The Hall–Kier alpha value is 0.685. The van der Waals surface area contributed by atoms with Crippen molar-refractivity contribution in [3.05, 3.63) is 0 Å². The molecule has 10 heteroatoms. The van der Waals surface area contributed by atoms with Gasteiger partial charge in [0.05, 0.1) is 0 Å². The maximum Gasteiger partial charge on any atom is 2.00 e. The van der Waals surface area contributed by atoms with Crippen molar-refractivity contribution in [2.24, 2.45) is 0 Å². The smallest absolute Gasteiger partial charge is 1.00 e. The molecule has 0 saturated carbocycles. The largest absolute Gasteiger partial charge is 2.00 e. The van der Waals surface area contributed by atoms with Crippen LogP contribution in [0, 0.1) is 0 Å². The second-order valence-electron chi connectivity index (χ2n) is 0.105. The third-order valence-electron chi connectivity index (χ3n) is 0. The van der Waals surface area contributed by atoms with E-state index >= 15 is 0 Å². The average molecular weight is 194 g/mol. The van der Waals surface area contributed by atoms with Crippen LogP contribution in [0.5, 0.6) is 0 Å². The summed E-state index contributed by atoms with van der Waals surface area (Å²) < 4.78 is 8.36. The summed E-state index contributed by atoms with van der Waals surface area (Å²) in [6, 6.07) is 0. The summed E-state index contributed by atoms with van der Waals surface area (Å²) in [4.78, 5) is 0. The fourth-order valence-electron chi connectivity index (χ4n) is 0. The number of hydrogen-bond donors (Lipinski definition) is 1. The second-order valence-corrected chi connectivity index (χ2v) is 0.105. The standard InChI is InChI=1S/BHO2.Ca.6H2O.2H/c2-1-3;;;;;;;;;/h2H;;6*1H2;;/q;+2;;;;;;;2*-1. The summed E-state index contributed by atoms with van der Waals surface area (Å²) in [6.45, 7) is 0. The molecule has 0 aromatic heterocycles. The first-order valence-corrected chi connectivity index (χ1v) is 0.494. The van der Waals surface area contributed by atoms with Crippen LogP contribution in [-0.4, -0.2) is 83.0 Å². The summed E-state index contributed by atoms with van der Waals surface area (Å²) in [5, 5.41) is 6.89. The van der Waals surface area contributed by atoms with Crippen molar-refractivity contribution >= 4 is 45.1 Å². The van der Waals surface area contributed by atoms with Crippen LogP contribution in [0.4, 0.5) is 0 Å². The minimum atomic E-state index is -0.250. The molecule has 0 rings (SSSR count). The molecule has 0 spiro atoms. The van der Waals surface area contributed by atoms with Crippen molar-refractivity contribution in [3.8, 4) is 0 Å². The van der Waals surface area contributed by atoms with Crippen molar-refractivity contribution in [1.82, 2.24) is 0 Å². The molecule has 0 aromatic carbocycles. The molecule has 0 radical (unpaired) electrons. The zero-order valence-corrected chi connectivity index (χ0v) is 7.35. The van der Waals surface area contributed by atoms with E-state index in [1.807, 2.05) is 0 Å². The van der Waals surface area contributed by atoms with Gasteiger partial charge in [0.25, 0.3) is 0 Å². The van der Waals surface area contributed by atoms with Crippen molar-refractivity contribution in [1.29, 1.82) is 0 Å². The van der Waals surface area contributed by atoms with Crippen molar-refractivity contribution in [3.63, 3.8) is 0 Å². The number of hydrogen-bond acceptors (Lipinski definition) is 1. The third kappa shape index (κ3) is 1090. The second kappa shape index (κ2) is 257. The van der Waals surface area contributed by atoms with Crippen LogP contribution in [-0.2, 0) is 4.70 Å². The van der Waals surface area contributed by atoms with Gasteiger partial charge in [-0.25, -0.2) is 0 Å². The zero-order valence-electron chi connectivity index (χ0n) is 7.14. The Morgan fingerprint density at radius 2 is 0.900 bits per heavy atom. The molecule has 0 fully saturated rings. The summed E-state index contributed by atoms with van der Waals surface area (Å²) in [6.07, 6.45) is 0. The summed E-state index contributed by atoms with van der Waals surface area (Å²) in [7, 11) is -0.250. The van der Waals surface area contributed by atoms with E-state index in [9.17, 15) is 0 Å². The molecule has 0 bridgehead atoms. The quantitative estimate of drug-likeness (QED) is 0.371. The fraction of sp³-hybridized carbons (Fsp3) is 0. The first-order chi connectivity index (χ1) is 1.41. The van der Waals surface area contributed by atoms with E-state index < -0.39 is 0 Å². The Morgan fingerprint density at radius 3 is 0.900 bits per heavy atom. The zero-order chi connectivity index (χ0) is 2.71. The SMILES string of the molecule is O.O.O.O.O.O.O=BO.[Ca+2].[H-].[H-]. The van der Waals surface area contributed by atoms with Crippen LogP contribution >= 0.6 is 0 Å². The van der Waals surface area contributed by atoms with Crippen molar-refractivity contribution in [2.75, 3.05) is 0 Å². The number of rotatable bonds is 0. The average Bonchev–Trinajstić information content (AvgIpc) is 0.918. The molecule has 0 atom stereocenters. The van der Waals surface area contributed by atoms with Crippen molar-refractivity contribution in [2.45, 2.75) is 0 Å². The molecule has 0 saturated heterocycles. The van der Waals surface area contributed by atoms with Gasteiger partial charge in [-0.1, -0.05) is 0 Å². The molecule has 8 nitrogen and oxygen atoms in total. The van der Waals surface area contributed by atoms with E-state index in [0.717, 1.165) is 0 Å². The normalized spacial score (nSPS) is 0.800. The van der Waals surface area contributed by atoms with Crippen LogP contribution in [0.1, 0.15) is 2.85 Å². The topological polar surface area (TPSA) is 226 Å². The predicted molar refractivity (Wildman–Crippen MR) is 38.3 cm³/mol. The minimum Gasteiger partial charge on any atom is -1.00 e. The Morgan fingerprint density at radius 1 is 0.900 bits per heavy atom. The fourth-order valence-corrected chi connectivity index (χ4v) is 0. The van der Waals surface area contributed by atoms with Gasteiger partial charge in [-0.3, -0.25) is 0 Å². The molecule has 0 heterocycles. The summed E-state index contributed by atoms with van der Waals surface area (Å²) >= 11 is 0. The van der Waals surface area contributed by atoms with E-state index in [1.165, 1.54) is 0 Å². The molecular weight excluding hydrogens is 179 g/mol. The molecule has 0 aliphatic carbocycles. The van der Waals surface area contributed by atoms with E-state index in [-0.39, 0.29) is 80.8 Å². The first kappa shape index (κ1) is 139. The Balaban J connectivity index is -0.000000000556. The molecule has 0 aliphatic heterocycles. The van der Waals surface area contributed by atoms with E-state index in [2.05, 4.69) is 0 Å². The summed E-state index contributed by atoms with van der Waals surface area (Å²) in [5.41, 5.74) is 0. The minimum absolute atomic E-state index is 0. The molecule has 0 aliphatic rings. The van der Waals surface area contributed by atoms with Gasteiger partial charge in [0.1, 0.15) is 0 Å². The van der Waals surface area contributed by atoms with Gasteiger partial charge in [0.15, 0.2) is 0 Å². The van der Waals surface area contributed by atoms with Crippen LogP contribution in [0.2, 0.25) is 0 Å². The van der Waals surface area contributed by atoms with Gasteiger partial charge in [-0.15, -0.1) is 0 Å². The van der Waals surface area contributed by atoms with Gasteiger partial charge < -0.3 is 35.7 Å². The maximum atomic E-state index is 8.36. The Kier molecular flexibility index (Phi) is 3580. The summed E-state index contributed by atoms with van der Waals surface area (Å²) in [5.74, 6) is 0. The van der Waals surface area contributed by atoms with Crippen molar-refractivity contribution < 1.29 is 45.4 Å². The van der Waals surface area contributed by atoms with Crippen LogP contribution in [0.3, 0.4) is 0 Å². The Bertz CT molecular complexity index is 24.5. The van der Waals surface area contributed by atoms with Crippen LogP contribution < -0.4 is 0 Å². The van der Waals surface area contributed by atoms with Crippen LogP contribution in [0.15, 0.2) is 0 Å². The van der Waals surface area contributed by atoms with Gasteiger partial charge in [0.2, 0.25) is 0 Å². The van der Waals surface area contributed by atoms with E-state index in [0.29, 0.717) is 0 Å². The molecule has 13 N–H and O–H groups in total. The van der Waals surface area contributed by atoms with Gasteiger partial charge >= 0.3 is 54.8 Å². The molecule has 0 amide bonds. The maximum absolute atomic E-state index is 8.36. The third-order valence-corrected chi connectivity index (χ3v) is 0. The van der Waals surface area contributed by atoms with E-state index in [1.54, 1.807) is 0 Å². The molecule has 0 unspecified atom stereocenters. The molecule has 10 heavy (non-hydrogen) atoms. The van der Waals surface area contributed by atoms with Gasteiger partial charge in [-0.2, -0.15) is 0 Å².